The molecular weight excluding hydrogens is 352 g/mol. The van der Waals surface area contributed by atoms with Gasteiger partial charge in [0.15, 0.2) is 0 Å². The van der Waals surface area contributed by atoms with E-state index in [-0.39, 0.29) is 6.42 Å². The molecule has 0 bridgehead atoms. The maximum atomic E-state index is 13.2. The Labute approximate surface area is 127 Å². The summed E-state index contributed by atoms with van der Waals surface area (Å²) < 4.78 is 52.7. The van der Waals surface area contributed by atoms with Gasteiger partial charge in [-0.05, 0) is 41.5 Å². The van der Waals surface area contributed by atoms with E-state index in [1.54, 1.807) is 24.3 Å². The zero-order valence-electron chi connectivity index (χ0n) is 10.7. The molecule has 2 aromatic rings. The fraction of sp³-hybridized carbons (Fsp3) is 0.200. The number of halogens is 5. The first kappa shape index (κ1) is 16.0. The van der Waals surface area contributed by atoms with Crippen LogP contribution < -0.4 is 0 Å². The van der Waals surface area contributed by atoms with E-state index in [4.69, 9.17) is 0 Å². The van der Waals surface area contributed by atoms with Crippen LogP contribution >= 0.6 is 15.9 Å². The van der Waals surface area contributed by atoms with Crippen LogP contribution in [0.1, 0.15) is 22.8 Å². The Kier molecular flexibility index (Phi) is 4.68. The van der Waals surface area contributed by atoms with Crippen LogP contribution in [0.25, 0.3) is 0 Å². The monoisotopic (exact) mass is 362 g/mol. The lowest BCUT2D eigenvalue weighted by molar-refractivity contribution is -0.139. The molecule has 1 unspecified atom stereocenters. The zero-order chi connectivity index (χ0) is 15.6. The molecule has 0 spiro atoms. The van der Waals surface area contributed by atoms with Crippen molar-refractivity contribution in [2.75, 3.05) is 0 Å². The Morgan fingerprint density at radius 1 is 1.05 bits per heavy atom. The summed E-state index contributed by atoms with van der Waals surface area (Å²) in [6.07, 6.45) is -6.10. The average Bonchev–Trinajstić information content (AvgIpc) is 2.40. The standard InChI is InChI=1S/C15H11BrF4O/c16-10-3-1-9(2-4-10)7-14(21)12-8-11(17)5-6-13(12)15(18,19)20/h1-6,8,14,21H,7H2. The van der Waals surface area contributed by atoms with Crippen LogP contribution in [0.4, 0.5) is 17.6 Å². The SMILES string of the molecule is OC(Cc1ccc(Br)cc1)c1cc(F)ccc1C(F)(F)F. The Morgan fingerprint density at radius 3 is 2.24 bits per heavy atom. The molecule has 1 atom stereocenters. The van der Waals surface area contributed by atoms with Crippen molar-refractivity contribution in [3.8, 4) is 0 Å². The summed E-state index contributed by atoms with van der Waals surface area (Å²) in [5, 5.41) is 10.0. The van der Waals surface area contributed by atoms with Crippen molar-refractivity contribution in [2.45, 2.75) is 18.7 Å². The third-order valence-corrected chi connectivity index (χ3v) is 3.55. The molecule has 0 aromatic heterocycles. The number of benzene rings is 2. The predicted molar refractivity (Wildman–Crippen MR) is 74.2 cm³/mol. The van der Waals surface area contributed by atoms with E-state index in [9.17, 15) is 22.7 Å². The fourth-order valence-corrected chi connectivity index (χ4v) is 2.29. The number of hydrogen-bond acceptors (Lipinski definition) is 1. The second-order valence-corrected chi connectivity index (χ2v) is 5.49. The minimum atomic E-state index is -4.64. The molecule has 0 heterocycles. The highest BCUT2D eigenvalue weighted by atomic mass is 79.9. The summed E-state index contributed by atoms with van der Waals surface area (Å²) in [6.45, 7) is 0. The third kappa shape index (κ3) is 4.04. The van der Waals surface area contributed by atoms with Crippen LogP contribution in [0.3, 0.4) is 0 Å². The molecular formula is C15H11BrF4O. The minimum Gasteiger partial charge on any atom is -0.388 e. The average molecular weight is 363 g/mol. The molecule has 0 fully saturated rings. The molecule has 1 N–H and O–H groups in total. The summed E-state index contributed by atoms with van der Waals surface area (Å²) in [6, 6.07) is 8.91. The molecule has 0 saturated carbocycles. The van der Waals surface area contributed by atoms with Crippen molar-refractivity contribution in [3.05, 3.63) is 69.4 Å². The summed E-state index contributed by atoms with van der Waals surface area (Å²) >= 11 is 3.24. The molecule has 112 valence electrons. The Bertz CT molecular complexity index is 623. The first-order valence-corrected chi connectivity index (χ1v) is 6.86. The molecule has 0 radical (unpaired) electrons. The van der Waals surface area contributed by atoms with Gasteiger partial charge in [-0.3, -0.25) is 0 Å². The van der Waals surface area contributed by atoms with Crippen LogP contribution in [-0.4, -0.2) is 5.11 Å². The maximum absolute atomic E-state index is 13.2. The molecule has 2 aromatic carbocycles. The molecule has 1 nitrogen and oxygen atoms in total. The molecule has 6 heteroatoms. The first-order valence-electron chi connectivity index (χ1n) is 6.06. The van der Waals surface area contributed by atoms with Crippen molar-refractivity contribution < 1.29 is 22.7 Å². The van der Waals surface area contributed by atoms with E-state index in [1.165, 1.54) is 0 Å². The normalized spacial score (nSPS) is 13.2. The van der Waals surface area contributed by atoms with Gasteiger partial charge in [-0.1, -0.05) is 28.1 Å². The third-order valence-electron chi connectivity index (χ3n) is 3.02. The Morgan fingerprint density at radius 2 is 1.67 bits per heavy atom. The predicted octanol–water partition coefficient (Wildman–Crippen LogP) is 4.88. The van der Waals surface area contributed by atoms with Crippen molar-refractivity contribution in [1.82, 2.24) is 0 Å². The van der Waals surface area contributed by atoms with E-state index in [1.807, 2.05) is 0 Å². The van der Waals surface area contributed by atoms with E-state index in [2.05, 4.69) is 15.9 Å². The van der Waals surface area contributed by atoms with E-state index < -0.39 is 29.2 Å². The summed E-state index contributed by atoms with van der Waals surface area (Å²) in [5.74, 6) is -0.812. The number of hydrogen-bond donors (Lipinski definition) is 1. The smallest absolute Gasteiger partial charge is 0.388 e. The van der Waals surface area contributed by atoms with Crippen LogP contribution in [0.5, 0.6) is 0 Å². The van der Waals surface area contributed by atoms with Crippen molar-refractivity contribution in [2.24, 2.45) is 0 Å². The summed E-state index contributed by atoms with van der Waals surface area (Å²) in [5.41, 5.74) is -0.818. The van der Waals surface area contributed by atoms with E-state index in [0.29, 0.717) is 11.6 Å². The topological polar surface area (TPSA) is 20.2 Å². The van der Waals surface area contributed by atoms with Gasteiger partial charge in [-0.2, -0.15) is 13.2 Å². The molecule has 0 saturated heterocycles. The maximum Gasteiger partial charge on any atom is 0.416 e. The van der Waals surface area contributed by atoms with Gasteiger partial charge in [-0.15, -0.1) is 0 Å². The molecule has 21 heavy (non-hydrogen) atoms. The lowest BCUT2D eigenvalue weighted by Gasteiger charge is -2.18. The largest absolute Gasteiger partial charge is 0.416 e. The molecule has 0 amide bonds. The van der Waals surface area contributed by atoms with Crippen molar-refractivity contribution >= 4 is 15.9 Å². The summed E-state index contributed by atoms with van der Waals surface area (Å²) in [4.78, 5) is 0. The second-order valence-electron chi connectivity index (χ2n) is 4.58. The molecule has 0 aliphatic heterocycles. The Balaban J connectivity index is 2.32. The van der Waals surface area contributed by atoms with Crippen LogP contribution in [0.15, 0.2) is 46.9 Å². The number of aliphatic hydroxyl groups excluding tert-OH is 1. The number of aliphatic hydroxyl groups is 1. The highest BCUT2D eigenvalue weighted by molar-refractivity contribution is 9.10. The van der Waals surface area contributed by atoms with Gasteiger partial charge in [0.2, 0.25) is 0 Å². The number of alkyl halides is 3. The van der Waals surface area contributed by atoms with Gasteiger partial charge < -0.3 is 5.11 Å². The first-order chi connectivity index (χ1) is 9.77. The van der Waals surface area contributed by atoms with Gasteiger partial charge in [0.1, 0.15) is 5.82 Å². The molecule has 2 rings (SSSR count). The minimum absolute atomic E-state index is 0.0280. The van der Waals surface area contributed by atoms with Crippen molar-refractivity contribution in [3.63, 3.8) is 0 Å². The van der Waals surface area contributed by atoms with E-state index >= 15 is 0 Å². The quantitative estimate of drug-likeness (QED) is 0.771. The summed E-state index contributed by atoms with van der Waals surface area (Å²) in [7, 11) is 0. The lowest BCUT2D eigenvalue weighted by atomic mass is 9.96. The van der Waals surface area contributed by atoms with Gasteiger partial charge in [0, 0.05) is 10.9 Å². The van der Waals surface area contributed by atoms with Crippen LogP contribution in [0, 0.1) is 5.82 Å². The van der Waals surface area contributed by atoms with E-state index in [0.717, 1.165) is 16.6 Å². The van der Waals surface area contributed by atoms with Gasteiger partial charge >= 0.3 is 6.18 Å². The fourth-order valence-electron chi connectivity index (χ4n) is 2.02. The number of rotatable bonds is 3. The lowest BCUT2D eigenvalue weighted by Crippen LogP contribution is -2.13. The van der Waals surface area contributed by atoms with Crippen molar-refractivity contribution in [1.29, 1.82) is 0 Å². The van der Waals surface area contributed by atoms with Gasteiger partial charge in [0.25, 0.3) is 0 Å². The second kappa shape index (κ2) is 6.15. The zero-order valence-corrected chi connectivity index (χ0v) is 12.2. The molecule has 0 aliphatic rings. The highest BCUT2D eigenvalue weighted by Crippen LogP contribution is 2.36. The van der Waals surface area contributed by atoms with Crippen LogP contribution in [0.2, 0.25) is 0 Å². The van der Waals surface area contributed by atoms with Crippen LogP contribution in [-0.2, 0) is 12.6 Å². The van der Waals surface area contributed by atoms with Gasteiger partial charge in [-0.25, -0.2) is 4.39 Å². The van der Waals surface area contributed by atoms with Gasteiger partial charge in [0.05, 0.1) is 11.7 Å². The molecule has 0 aliphatic carbocycles. The Hall–Kier alpha value is -1.40. The highest BCUT2D eigenvalue weighted by Gasteiger charge is 2.35.